The number of rotatable bonds is 8. The van der Waals surface area contributed by atoms with Crippen LogP contribution in [0.2, 0.25) is 0 Å². The number of aliphatic hydroxyl groups is 1. The van der Waals surface area contributed by atoms with Crippen LogP contribution in [0, 0.1) is 17.5 Å². The molecule has 2 aliphatic rings. The van der Waals surface area contributed by atoms with Crippen LogP contribution in [0.4, 0.5) is 13.2 Å². The first-order chi connectivity index (χ1) is 21.3. The van der Waals surface area contributed by atoms with E-state index in [-0.39, 0.29) is 24.5 Å². The Morgan fingerprint density at radius 2 is 1.73 bits per heavy atom. The molecular weight excluding hydrogens is 583 g/mol. The third-order valence-corrected chi connectivity index (χ3v) is 7.59. The van der Waals surface area contributed by atoms with Gasteiger partial charge in [-0.05, 0) is 17.7 Å². The summed E-state index contributed by atoms with van der Waals surface area (Å²) in [6.45, 7) is 0.0384. The largest absolute Gasteiger partial charge is 0.467 e. The van der Waals surface area contributed by atoms with Crippen LogP contribution in [0.15, 0.2) is 79.0 Å². The number of methoxy groups -OCH3 is 1. The number of esters is 1. The first-order valence-electron chi connectivity index (χ1n) is 13.8. The summed E-state index contributed by atoms with van der Waals surface area (Å²) < 4.78 is 72.3. The average molecular weight is 612 g/mol. The molecule has 6 rings (SSSR count). The molecule has 44 heavy (non-hydrogen) atoms. The van der Waals surface area contributed by atoms with Crippen LogP contribution in [0.1, 0.15) is 23.5 Å². The monoisotopic (exact) mass is 611 g/mol. The van der Waals surface area contributed by atoms with Gasteiger partial charge in [-0.3, -0.25) is 0 Å². The van der Waals surface area contributed by atoms with Crippen LogP contribution in [0.3, 0.4) is 0 Å². The van der Waals surface area contributed by atoms with Crippen LogP contribution >= 0.6 is 0 Å². The van der Waals surface area contributed by atoms with Crippen molar-refractivity contribution in [2.24, 2.45) is 0 Å². The molecule has 0 amide bonds. The van der Waals surface area contributed by atoms with Crippen LogP contribution < -0.4 is 0 Å². The Hall–Kier alpha value is -4.14. The maximum absolute atomic E-state index is 14.0. The Balaban J connectivity index is 1.35. The van der Waals surface area contributed by atoms with E-state index >= 15 is 0 Å². The predicted octanol–water partition coefficient (Wildman–Crippen LogP) is 3.90. The zero-order valence-electron chi connectivity index (χ0n) is 23.3. The zero-order chi connectivity index (χ0) is 30.8. The second kappa shape index (κ2) is 12.8. The summed E-state index contributed by atoms with van der Waals surface area (Å²) in [5.74, 6) is -5.18. The molecule has 1 N–H and O–H groups in total. The first-order valence-corrected chi connectivity index (χ1v) is 13.8. The average Bonchev–Trinajstić information content (AvgIpc) is 3.54. The molecule has 0 radical (unpaired) electrons. The molecule has 2 saturated heterocycles. The van der Waals surface area contributed by atoms with Gasteiger partial charge in [0.1, 0.15) is 36.2 Å². The van der Waals surface area contributed by atoms with Gasteiger partial charge in [0.05, 0.1) is 26.5 Å². The van der Waals surface area contributed by atoms with E-state index in [1.54, 1.807) is 0 Å². The number of ether oxygens (including phenoxy) is 5. The fraction of sp³-hybridized carbons (Fsp3) is 0.323. The molecule has 230 valence electrons. The van der Waals surface area contributed by atoms with Gasteiger partial charge in [0, 0.05) is 11.1 Å². The number of carbonyl (C=O) groups is 1. The van der Waals surface area contributed by atoms with E-state index in [9.17, 15) is 23.1 Å². The van der Waals surface area contributed by atoms with Crippen LogP contribution in [-0.2, 0) is 35.1 Å². The highest BCUT2D eigenvalue weighted by Crippen LogP contribution is 2.41. The Morgan fingerprint density at radius 3 is 2.41 bits per heavy atom. The van der Waals surface area contributed by atoms with Crippen molar-refractivity contribution in [3.63, 3.8) is 0 Å². The molecule has 1 aromatic heterocycles. The van der Waals surface area contributed by atoms with Crippen LogP contribution in [0.5, 0.6) is 0 Å². The number of carbonyl (C=O) groups excluding carboxylic acids is 1. The van der Waals surface area contributed by atoms with Crippen LogP contribution in [0.25, 0.3) is 11.3 Å². The van der Waals surface area contributed by atoms with Gasteiger partial charge in [-0.2, -0.15) is 0 Å². The summed E-state index contributed by atoms with van der Waals surface area (Å²) in [6.07, 6.45) is -5.30. The number of hydrogen-bond donors (Lipinski definition) is 1. The maximum Gasteiger partial charge on any atom is 0.337 e. The lowest BCUT2D eigenvalue weighted by atomic mass is 9.89. The predicted molar refractivity (Wildman–Crippen MR) is 146 cm³/mol. The second-order valence-corrected chi connectivity index (χ2v) is 10.4. The smallest absolute Gasteiger partial charge is 0.337 e. The van der Waals surface area contributed by atoms with E-state index in [0.717, 1.165) is 23.3 Å². The highest BCUT2D eigenvalue weighted by molar-refractivity contribution is 5.75. The SMILES string of the molecule is COC(=O)[C@@H](OCc1ccccc1)[C@@H]1OC2COC(c3ccccc3)O[C@@H]2[C@H](n2cc(-c3cc(F)c(F)c(F)c3)nn2)C1O. The Morgan fingerprint density at radius 1 is 1.05 bits per heavy atom. The molecule has 3 unspecified atom stereocenters. The van der Waals surface area contributed by atoms with E-state index in [1.165, 1.54) is 18.0 Å². The summed E-state index contributed by atoms with van der Waals surface area (Å²) >= 11 is 0. The molecule has 3 heterocycles. The van der Waals surface area contributed by atoms with E-state index in [1.807, 2.05) is 60.7 Å². The molecule has 7 atom stereocenters. The maximum atomic E-state index is 14.0. The number of aromatic nitrogens is 3. The summed E-state index contributed by atoms with van der Waals surface area (Å²) in [4.78, 5) is 13.0. The molecule has 0 spiro atoms. The molecular formula is C31H28F3N3O7. The molecule has 4 aromatic rings. The van der Waals surface area contributed by atoms with Crippen molar-refractivity contribution < 1.29 is 46.8 Å². The van der Waals surface area contributed by atoms with Crippen molar-refractivity contribution in [2.45, 2.75) is 49.5 Å². The standard InChI is InChI=1S/C31H28F3N3O7/c1-40-30(39)29(41-15-17-8-4-2-5-9-17)28-26(38)25(27-23(43-28)16-42-31(44-27)18-10-6-3-7-11-18)37-14-22(35-36-37)19-12-20(32)24(34)21(33)13-19/h2-14,23,25-29,31,38H,15-16H2,1H3/t23?,25-,26?,27+,28-,29+,31?/m1/s1. The van der Waals surface area contributed by atoms with Crippen molar-refractivity contribution in [1.29, 1.82) is 0 Å². The minimum absolute atomic E-state index is 0.00565. The van der Waals surface area contributed by atoms with Gasteiger partial charge < -0.3 is 28.8 Å². The van der Waals surface area contributed by atoms with Crippen LogP contribution in [-0.4, -0.2) is 70.3 Å². The number of aliphatic hydroxyl groups excluding tert-OH is 1. The summed E-state index contributed by atoms with van der Waals surface area (Å²) in [5.41, 5.74) is 1.43. The van der Waals surface area contributed by atoms with Gasteiger partial charge in [-0.25, -0.2) is 22.6 Å². The molecule has 2 fully saturated rings. The van der Waals surface area contributed by atoms with Gasteiger partial charge in [-0.15, -0.1) is 5.10 Å². The highest BCUT2D eigenvalue weighted by Gasteiger charge is 2.54. The Bertz CT molecular complexity index is 1570. The normalized spacial score (nSPS) is 25.7. The summed E-state index contributed by atoms with van der Waals surface area (Å²) in [6, 6.07) is 18.8. The number of halogens is 3. The van der Waals surface area contributed by atoms with Gasteiger partial charge in [0.15, 0.2) is 29.8 Å². The number of hydrogen-bond acceptors (Lipinski definition) is 9. The number of nitrogens with zero attached hydrogens (tertiary/aromatic N) is 3. The topological polar surface area (TPSA) is 114 Å². The van der Waals surface area contributed by atoms with E-state index in [0.29, 0.717) is 0 Å². The fourth-order valence-corrected chi connectivity index (χ4v) is 5.41. The highest BCUT2D eigenvalue weighted by atomic mass is 19.2. The third-order valence-electron chi connectivity index (χ3n) is 7.59. The van der Waals surface area contributed by atoms with Crippen molar-refractivity contribution in [3.8, 4) is 11.3 Å². The molecule has 10 nitrogen and oxygen atoms in total. The lowest BCUT2D eigenvalue weighted by molar-refractivity contribution is -0.325. The van der Waals surface area contributed by atoms with Gasteiger partial charge in [-0.1, -0.05) is 65.9 Å². The quantitative estimate of drug-likeness (QED) is 0.234. The van der Waals surface area contributed by atoms with Gasteiger partial charge >= 0.3 is 5.97 Å². The Labute approximate surface area is 249 Å². The third kappa shape index (κ3) is 5.97. The van der Waals surface area contributed by atoms with Crippen molar-refractivity contribution >= 4 is 5.97 Å². The number of fused-ring (bicyclic) bond motifs is 1. The van der Waals surface area contributed by atoms with Gasteiger partial charge in [0.2, 0.25) is 0 Å². The summed E-state index contributed by atoms with van der Waals surface area (Å²) in [7, 11) is 1.19. The molecule has 0 bridgehead atoms. The van der Waals surface area contributed by atoms with E-state index < -0.39 is 66.3 Å². The lowest BCUT2D eigenvalue weighted by Crippen LogP contribution is -2.63. The van der Waals surface area contributed by atoms with Crippen molar-refractivity contribution in [1.82, 2.24) is 15.0 Å². The fourth-order valence-electron chi connectivity index (χ4n) is 5.41. The van der Waals surface area contributed by atoms with Crippen molar-refractivity contribution in [2.75, 3.05) is 13.7 Å². The molecule has 0 saturated carbocycles. The van der Waals surface area contributed by atoms with Crippen molar-refractivity contribution in [3.05, 3.63) is 108 Å². The molecule has 0 aliphatic carbocycles. The lowest BCUT2D eigenvalue weighted by Gasteiger charge is -2.49. The van der Waals surface area contributed by atoms with E-state index in [2.05, 4.69) is 10.3 Å². The zero-order valence-corrected chi connectivity index (χ0v) is 23.3. The minimum Gasteiger partial charge on any atom is -0.467 e. The Kier molecular flexibility index (Phi) is 8.73. The molecule has 2 aliphatic heterocycles. The summed E-state index contributed by atoms with van der Waals surface area (Å²) in [5, 5.41) is 19.9. The number of benzene rings is 3. The van der Waals surface area contributed by atoms with E-state index in [4.69, 9.17) is 23.7 Å². The van der Waals surface area contributed by atoms with Gasteiger partial charge in [0.25, 0.3) is 0 Å². The second-order valence-electron chi connectivity index (χ2n) is 10.4. The minimum atomic E-state index is -1.61. The molecule has 13 heteroatoms. The molecule has 3 aromatic carbocycles. The first kappa shape index (κ1) is 29.9.